The summed E-state index contributed by atoms with van der Waals surface area (Å²) < 4.78 is 13.4. The highest BCUT2D eigenvalue weighted by molar-refractivity contribution is 8.14. The molecule has 3 rings (SSSR count). The molecule has 1 aliphatic carbocycles. The van der Waals surface area contributed by atoms with Crippen molar-refractivity contribution in [1.29, 1.82) is 0 Å². The van der Waals surface area contributed by atoms with E-state index in [4.69, 9.17) is 16.6 Å². The lowest BCUT2D eigenvalue weighted by Gasteiger charge is -2.33. The van der Waals surface area contributed by atoms with Gasteiger partial charge in [0.2, 0.25) is 5.91 Å². The number of amidine groups is 1. The van der Waals surface area contributed by atoms with Gasteiger partial charge in [-0.2, -0.15) is 0 Å². The minimum Gasteiger partial charge on any atom is -0.333 e. The Labute approximate surface area is 163 Å². The van der Waals surface area contributed by atoms with E-state index in [9.17, 15) is 9.18 Å². The molecule has 1 aliphatic heterocycles. The Kier molecular flexibility index (Phi) is 6.46. The molecule has 0 aromatic heterocycles. The smallest absolute Gasteiger partial charge is 0.225 e. The van der Waals surface area contributed by atoms with Crippen LogP contribution in [0.4, 0.5) is 10.1 Å². The van der Waals surface area contributed by atoms with Gasteiger partial charge in [0, 0.05) is 19.7 Å². The number of nitrogens with zero attached hydrogens (tertiary/aromatic N) is 3. The monoisotopic (exact) mass is 397 g/mol. The van der Waals surface area contributed by atoms with E-state index in [2.05, 4.69) is 4.90 Å². The molecule has 1 aromatic carbocycles. The summed E-state index contributed by atoms with van der Waals surface area (Å²) in [5.41, 5.74) is 0.536. The van der Waals surface area contributed by atoms with Crippen molar-refractivity contribution in [3.63, 3.8) is 0 Å². The van der Waals surface area contributed by atoms with Crippen LogP contribution < -0.4 is 4.90 Å². The van der Waals surface area contributed by atoms with Crippen molar-refractivity contribution in [2.75, 3.05) is 17.7 Å². The van der Waals surface area contributed by atoms with E-state index in [1.165, 1.54) is 44.7 Å². The Morgan fingerprint density at radius 3 is 2.62 bits per heavy atom. The van der Waals surface area contributed by atoms with Crippen LogP contribution in [0.3, 0.4) is 0 Å². The third kappa shape index (κ3) is 4.34. The molecule has 1 saturated carbocycles. The van der Waals surface area contributed by atoms with Gasteiger partial charge in [-0.15, -0.1) is 0 Å². The molecule has 1 atom stereocenters. The van der Waals surface area contributed by atoms with E-state index in [1.807, 2.05) is 7.05 Å². The maximum atomic E-state index is 13.4. The summed E-state index contributed by atoms with van der Waals surface area (Å²) in [6.07, 6.45) is 7.19. The van der Waals surface area contributed by atoms with Gasteiger partial charge in [-0.25, -0.2) is 4.39 Å². The number of carbonyl (C=O) groups is 1. The summed E-state index contributed by atoms with van der Waals surface area (Å²) in [7, 11) is 1.97. The third-order valence-corrected chi connectivity index (χ3v) is 6.45. The zero-order chi connectivity index (χ0) is 18.7. The van der Waals surface area contributed by atoms with E-state index in [0.717, 1.165) is 23.8 Å². The average molecular weight is 398 g/mol. The zero-order valence-electron chi connectivity index (χ0n) is 15.3. The van der Waals surface area contributed by atoms with Crippen LogP contribution in [0.15, 0.2) is 23.2 Å². The number of hydrogen-bond donors (Lipinski definition) is 0. The molecule has 0 spiro atoms. The molecule has 1 aromatic rings. The van der Waals surface area contributed by atoms with Gasteiger partial charge in [-0.3, -0.25) is 14.7 Å². The Hall–Kier alpha value is -1.27. The van der Waals surface area contributed by atoms with E-state index in [1.54, 1.807) is 22.7 Å². The fourth-order valence-corrected chi connectivity index (χ4v) is 5.10. The van der Waals surface area contributed by atoms with Crippen LogP contribution in [0.25, 0.3) is 0 Å². The van der Waals surface area contributed by atoms with Gasteiger partial charge in [0.15, 0.2) is 5.17 Å². The molecule has 1 saturated heterocycles. The SMILES string of the molecule is CC(=O)N(c1ccc(F)cc1Cl)C1CSC(=NC2CCCCCC2)N1C. The Bertz CT molecular complexity index is 691. The fraction of sp³-hybridized carbons (Fsp3) is 0.579. The van der Waals surface area contributed by atoms with Crippen LogP contribution in [0.2, 0.25) is 5.02 Å². The van der Waals surface area contributed by atoms with Gasteiger partial charge in [-0.1, -0.05) is 49.0 Å². The lowest BCUT2D eigenvalue weighted by molar-refractivity contribution is -0.117. The Morgan fingerprint density at radius 1 is 1.31 bits per heavy atom. The van der Waals surface area contributed by atoms with E-state index in [-0.39, 0.29) is 17.1 Å². The second-order valence-electron chi connectivity index (χ2n) is 6.94. The summed E-state index contributed by atoms with van der Waals surface area (Å²) in [5.74, 6) is 0.189. The fourth-order valence-electron chi connectivity index (χ4n) is 3.63. The predicted octanol–water partition coefficient (Wildman–Crippen LogP) is 4.92. The first-order chi connectivity index (χ1) is 12.5. The molecule has 0 N–H and O–H groups in total. The second-order valence-corrected chi connectivity index (χ2v) is 8.34. The molecule has 2 fully saturated rings. The molecular weight excluding hydrogens is 373 g/mol. The molecular formula is C19H25ClFN3OS. The van der Waals surface area contributed by atoms with Crippen molar-refractivity contribution in [3.8, 4) is 0 Å². The number of amides is 1. The van der Waals surface area contributed by atoms with Gasteiger partial charge in [0.1, 0.15) is 12.0 Å². The normalized spacial score (nSPS) is 23.3. The average Bonchev–Trinajstić information content (AvgIpc) is 2.79. The molecule has 0 radical (unpaired) electrons. The molecule has 142 valence electrons. The van der Waals surface area contributed by atoms with Crippen molar-refractivity contribution in [1.82, 2.24) is 4.90 Å². The zero-order valence-corrected chi connectivity index (χ0v) is 16.8. The molecule has 7 heteroatoms. The van der Waals surface area contributed by atoms with Crippen molar-refractivity contribution < 1.29 is 9.18 Å². The van der Waals surface area contributed by atoms with E-state index in [0.29, 0.717) is 11.7 Å². The van der Waals surface area contributed by atoms with Crippen molar-refractivity contribution in [3.05, 3.63) is 29.0 Å². The number of thioether (sulfide) groups is 1. The van der Waals surface area contributed by atoms with Crippen LogP contribution in [0.1, 0.15) is 45.4 Å². The molecule has 4 nitrogen and oxygen atoms in total. The maximum Gasteiger partial charge on any atom is 0.225 e. The highest BCUT2D eigenvalue weighted by Gasteiger charge is 2.35. The van der Waals surface area contributed by atoms with Crippen LogP contribution in [-0.2, 0) is 4.79 Å². The number of anilines is 1. The van der Waals surface area contributed by atoms with Gasteiger partial charge < -0.3 is 4.90 Å². The number of halogens is 2. The molecule has 1 unspecified atom stereocenters. The highest BCUT2D eigenvalue weighted by atomic mass is 35.5. The first-order valence-electron chi connectivity index (χ1n) is 9.15. The molecule has 26 heavy (non-hydrogen) atoms. The van der Waals surface area contributed by atoms with Crippen LogP contribution in [0, 0.1) is 5.82 Å². The predicted molar refractivity (Wildman–Crippen MR) is 108 cm³/mol. The lowest BCUT2D eigenvalue weighted by Crippen LogP contribution is -2.48. The minimum absolute atomic E-state index is 0.119. The Balaban J connectivity index is 1.82. The number of benzene rings is 1. The highest BCUT2D eigenvalue weighted by Crippen LogP contribution is 2.34. The standard InChI is InChI=1S/C19H25ClFN3OS/c1-13(25)24(17-10-9-14(21)11-16(17)20)18-12-26-19(23(18)2)22-15-7-5-3-4-6-8-15/h9-11,15,18H,3-8,12H2,1-2H3. The quantitative estimate of drug-likeness (QED) is 0.679. The van der Waals surface area contributed by atoms with Gasteiger partial charge in [0.05, 0.1) is 16.8 Å². The van der Waals surface area contributed by atoms with Crippen molar-refractivity contribution >= 4 is 40.1 Å². The van der Waals surface area contributed by atoms with Gasteiger partial charge in [-0.05, 0) is 31.0 Å². The minimum atomic E-state index is -0.410. The van der Waals surface area contributed by atoms with Crippen LogP contribution in [0.5, 0.6) is 0 Å². The number of rotatable bonds is 3. The molecule has 1 amide bonds. The summed E-state index contributed by atoms with van der Waals surface area (Å²) in [5, 5.41) is 1.22. The summed E-state index contributed by atoms with van der Waals surface area (Å²) >= 11 is 7.89. The maximum absolute atomic E-state index is 13.4. The summed E-state index contributed by atoms with van der Waals surface area (Å²) in [6, 6.07) is 4.52. The van der Waals surface area contributed by atoms with Gasteiger partial charge in [0.25, 0.3) is 0 Å². The van der Waals surface area contributed by atoms with E-state index >= 15 is 0 Å². The number of aliphatic imine (C=N–C) groups is 1. The lowest BCUT2D eigenvalue weighted by atomic mass is 10.1. The first-order valence-corrected chi connectivity index (χ1v) is 10.5. The number of carbonyl (C=O) groups excluding carboxylic acids is 1. The van der Waals surface area contributed by atoms with E-state index < -0.39 is 5.82 Å². The van der Waals surface area contributed by atoms with Crippen molar-refractivity contribution in [2.45, 2.75) is 57.7 Å². The third-order valence-electron chi connectivity index (χ3n) is 5.03. The first kappa shape index (κ1) is 19.5. The molecule has 1 heterocycles. The number of hydrogen-bond acceptors (Lipinski definition) is 3. The largest absolute Gasteiger partial charge is 0.333 e. The molecule has 0 bridgehead atoms. The molecule has 2 aliphatic rings. The summed E-state index contributed by atoms with van der Waals surface area (Å²) in [6.45, 7) is 1.51. The Morgan fingerprint density at radius 2 is 2.00 bits per heavy atom. The van der Waals surface area contributed by atoms with Crippen LogP contribution >= 0.6 is 23.4 Å². The topological polar surface area (TPSA) is 35.9 Å². The summed E-state index contributed by atoms with van der Waals surface area (Å²) in [4.78, 5) is 21.0. The van der Waals surface area contributed by atoms with Crippen molar-refractivity contribution in [2.24, 2.45) is 4.99 Å². The van der Waals surface area contributed by atoms with Gasteiger partial charge >= 0.3 is 0 Å². The van der Waals surface area contributed by atoms with Crippen LogP contribution in [-0.4, -0.2) is 41.0 Å². The second kappa shape index (κ2) is 8.61.